The number of carbonyl (C=O) groups is 1. The van der Waals surface area contributed by atoms with Crippen molar-refractivity contribution < 1.29 is 19.2 Å². The summed E-state index contributed by atoms with van der Waals surface area (Å²) < 4.78 is 12.1. The molecule has 3 aromatic carbocycles. The molecule has 0 atom stereocenters. The van der Waals surface area contributed by atoms with Crippen LogP contribution in [0.15, 0.2) is 75.0 Å². The van der Waals surface area contributed by atoms with Gasteiger partial charge >= 0.3 is 0 Å². The number of hydrogen-bond acceptors (Lipinski definition) is 7. The van der Waals surface area contributed by atoms with Crippen LogP contribution in [0.1, 0.15) is 11.1 Å². The molecule has 1 amide bonds. The maximum Gasteiger partial charge on any atom is 0.296 e. The van der Waals surface area contributed by atoms with E-state index in [0.29, 0.717) is 33.0 Å². The number of amidine groups is 1. The molecule has 1 N–H and O–H groups in total. The Hall–Kier alpha value is -3.34. The zero-order valence-electron chi connectivity index (χ0n) is 18.2. The minimum absolute atomic E-state index is 0.0905. The average molecular weight is 575 g/mol. The summed E-state index contributed by atoms with van der Waals surface area (Å²) >= 11 is 10.4. The van der Waals surface area contributed by atoms with Gasteiger partial charge in [-0.05, 0) is 69.2 Å². The molecule has 178 valence electrons. The molecule has 0 aromatic heterocycles. The molecule has 1 fully saturated rings. The van der Waals surface area contributed by atoms with Crippen molar-refractivity contribution in [2.75, 3.05) is 7.11 Å². The van der Waals surface area contributed by atoms with E-state index >= 15 is 0 Å². The SMILES string of the molecule is COc1cc(/C=C2/SC(=Nc3ccc(Cl)cc3[N+](=O)[O-])NC2=O)cc(Br)c1OCc1ccccc1. The van der Waals surface area contributed by atoms with Crippen LogP contribution >= 0.6 is 39.3 Å². The third-order valence-electron chi connectivity index (χ3n) is 4.78. The third kappa shape index (κ3) is 6.02. The number of halogens is 2. The number of carbonyl (C=O) groups excluding carboxylic acids is 1. The summed E-state index contributed by atoms with van der Waals surface area (Å²) in [5.41, 5.74) is 1.54. The zero-order valence-corrected chi connectivity index (χ0v) is 21.3. The molecule has 8 nitrogen and oxygen atoms in total. The fraction of sp³-hybridized carbons (Fsp3) is 0.0833. The van der Waals surface area contributed by atoms with Crippen LogP contribution in [-0.2, 0) is 11.4 Å². The summed E-state index contributed by atoms with van der Waals surface area (Å²) in [6.07, 6.45) is 1.67. The standard InChI is InChI=1S/C24H17BrClN3O5S/c1-33-20-10-15(9-17(25)22(20)34-13-14-5-3-2-4-6-14)11-21-23(30)28-24(35-21)27-18-8-7-16(26)12-19(18)29(31)32/h2-12H,13H2,1H3,(H,27,28,30)/b21-11+. The van der Waals surface area contributed by atoms with Crippen molar-refractivity contribution in [3.8, 4) is 11.5 Å². The number of aliphatic imine (C=N–C) groups is 1. The smallest absolute Gasteiger partial charge is 0.296 e. The lowest BCUT2D eigenvalue weighted by molar-refractivity contribution is -0.384. The largest absolute Gasteiger partial charge is 0.493 e. The van der Waals surface area contributed by atoms with Gasteiger partial charge in [0.15, 0.2) is 16.7 Å². The van der Waals surface area contributed by atoms with Gasteiger partial charge in [-0.2, -0.15) is 0 Å². The van der Waals surface area contributed by atoms with Crippen LogP contribution in [0.4, 0.5) is 11.4 Å². The molecule has 4 rings (SSSR count). The first-order valence-corrected chi connectivity index (χ1v) is 12.1. The highest BCUT2D eigenvalue weighted by molar-refractivity contribution is 9.10. The molecule has 1 saturated heterocycles. The monoisotopic (exact) mass is 573 g/mol. The molecule has 0 saturated carbocycles. The summed E-state index contributed by atoms with van der Waals surface area (Å²) in [4.78, 5) is 27.9. The lowest BCUT2D eigenvalue weighted by atomic mass is 10.2. The number of nitrogens with one attached hydrogen (secondary N) is 1. The Labute approximate surface area is 218 Å². The van der Waals surface area contributed by atoms with E-state index in [2.05, 4.69) is 26.2 Å². The van der Waals surface area contributed by atoms with E-state index in [0.717, 1.165) is 17.3 Å². The molecule has 0 unspecified atom stereocenters. The van der Waals surface area contributed by atoms with Crippen molar-refractivity contribution >= 4 is 67.8 Å². The van der Waals surface area contributed by atoms with Crippen molar-refractivity contribution in [2.24, 2.45) is 4.99 Å². The number of rotatable bonds is 7. The minimum atomic E-state index is -0.575. The highest BCUT2D eigenvalue weighted by atomic mass is 79.9. The van der Waals surface area contributed by atoms with Gasteiger partial charge in [-0.1, -0.05) is 41.9 Å². The van der Waals surface area contributed by atoms with Gasteiger partial charge in [-0.15, -0.1) is 0 Å². The maximum atomic E-state index is 12.5. The summed E-state index contributed by atoms with van der Waals surface area (Å²) in [7, 11) is 1.54. The van der Waals surface area contributed by atoms with Gasteiger partial charge in [0.25, 0.3) is 11.6 Å². The van der Waals surface area contributed by atoms with Crippen LogP contribution in [0.2, 0.25) is 5.02 Å². The second kappa shape index (κ2) is 10.9. The van der Waals surface area contributed by atoms with Gasteiger partial charge in [-0.25, -0.2) is 4.99 Å². The Morgan fingerprint density at radius 2 is 1.97 bits per heavy atom. The third-order valence-corrected chi connectivity index (χ3v) is 6.52. The number of ether oxygens (including phenoxy) is 2. The molecular formula is C24H17BrClN3O5S. The number of thioether (sulfide) groups is 1. The molecule has 0 aliphatic carbocycles. The molecule has 1 aliphatic heterocycles. The Kier molecular flexibility index (Phi) is 7.74. The van der Waals surface area contributed by atoms with Gasteiger partial charge in [-0.3, -0.25) is 14.9 Å². The Morgan fingerprint density at radius 1 is 1.20 bits per heavy atom. The second-order valence-electron chi connectivity index (χ2n) is 7.18. The minimum Gasteiger partial charge on any atom is -0.493 e. The topological polar surface area (TPSA) is 103 Å². The average Bonchev–Trinajstić information content (AvgIpc) is 3.18. The van der Waals surface area contributed by atoms with Crippen LogP contribution in [0, 0.1) is 10.1 Å². The number of nitro benzene ring substituents is 1. The van der Waals surface area contributed by atoms with E-state index in [1.54, 1.807) is 12.1 Å². The highest BCUT2D eigenvalue weighted by Gasteiger charge is 2.25. The molecule has 3 aromatic rings. The van der Waals surface area contributed by atoms with Gasteiger partial charge in [0.05, 0.1) is 21.4 Å². The Morgan fingerprint density at radius 3 is 2.69 bits per heavy atom. The summed E-state index contributed by atoms with van der Waals surface area (Å²) in [6.45, 7) is 0.366. The maximum absolute atomic E-state index is 12.5. The van der Waals surface area contributed by atoms with E-state index in [1.807, 2.05) is 36.4 Å². The van der Waals surface area contributed by atoms with Crippen LogP contribution in [0.5, 0.6) is 11.5 Å². The van der Waals surface area contributed by atoms with Gasteiger partial charge < -0.3 is 14.8 Å². The predicted molar refractivity (Wildman–Crippen MR) is 140 cm³/mol. The quantitative estimate of drug-likeness (QED) is 0.197. The number of benzene rings is 3. The molecular weight excluding hydrogens is 558 g/mol. The van der Waals surface area contributed by atoms with Crippen molar-refractivity contribution in [3.63, 3.8) is 0 Å². The van der Waals surface area contributed by atoms with E-state index < -0.39 is 4.92 Å². The van der Waals surface area contributed by atoms with E-state index in [-0.39, 0.29) is 27.5 Å². The van der Waals surface area contributed by atoms with Crippen LogP contribution < -0.4 is 14.8 Å². The molecule has 11 heteroatoms. The van der Waals surface area contributed by atoms with Crippen LogP contribution in [0.3, 0.4) is 0 Å². The van der Waals surface area contributed by atoms with Gasteiger partial charge in [0.1, 0.15) is 12.3 Å². The first-order valence-electron chi connectivity index (χ1n) is 10.1. The Balaban J connectivity index is 1.57. The van der Waals surface area contributed by atoms with E-state index in [4.69, 9.17) is 21.1 Å². The van der Waals surface area contributed by atoms with Gasteiger partial charge in [0, 0.05) is 11.1 Å². The summed E-state index contributed by atoms with van der Waals surface area (Å²) in [5, 5.41) is 14.4. The molecule has 0 spiro atoms. The van der Waals surface area contributed by atoms with E-state index in [1.165, 1.54) is 25.3 Å². The van der Waals surface area contributed by atoms with E-state index in [9.17, 15) is 14.9 Å². The fourth-order valence-corrected chi connectivity index (χ4v) is 4.75. The summed E-state index contributed by atoms with van der Waals surface area (Å²) in [6, 6.07) is 17.4. The first-order chi connectivity index (χ1) is 16.8. The number of amides is 1. The van der Waals surface area contributed by atoms with Crippen molar-refractivity contribution in [3.05, 3.63) is 96.3 Å². The molecule has 0 radical (unpaired) electrons. The van der Waals surface area contributed by atoms with Crippen molar-refractivity contribution in [1.29, 1.82) is 0 Å². The fourth-order valence-electron chi connectivity index (χ4n) is 3.17. The highest BCUT2D eigenvalue weighted by Crippen LogP contribution is 2.39. The van der Waals surface area contributed by atoms with Crippen LogP contribution in [0.25, 0.3) is 6.08 Å². The van der Waals surface area contributed by atoms with Gasteiger partial charge in [0.2, 0.25) is 0 Å². The number of hydrogen-bond donors (Lipinski definition) is 1. The van der Waals surface area contributed by atoms with Crippen molar-refractivity contribution in [2.45, 2.75) is 6.61 Å². The number of nitro groups is 1. The lowest BCUT2D eigenvalue weighted by Crippen LogP contribution is -2.19. The molecule has 0 bridgehead atoms. The summed E-state index contributed by atoms with van der Waals surface area (Å²) in [5.74, 6) is 0.667. The predicted octanol–water partition coefficient (Wildman–Crippen LogP) is 6.49. The first kappa shape index (κ1) is 24.8. The molecule has 1 heterocycles. The normalized spacial score (nSPS) is 15.3. The molecule has 1 aliphatic rings. The number of nitrogens with zero attached hydrogens (tertiary/aromatic N) is 2. The lowest BCUT2D eigenvalue weighted by Gasteiger charge is -2.13. The second-order valence-corrected chi connectivity index (χ2v) is 9.50. The van der Waals surface area contributed by atoms with Crippen molar-refractivity contribution in [1.82, 2.24) is 5.32 Å². The Bertz CT molecular complexity index is 1360. The van der Waals surface area contributed by atoms with Crippen LogP contribution in [-0.4, -0.2) is 23.1 Å². The zero-order chi connectivity index (χ0) is 24.9. The molecule has 35 heavy (non-hydrogen) atoms. The number of methoxy groups -OCH3 is 1.